The monoisotopic (exact) mass is 284 g/mol. The Bertz CT molecular complexity index is 646. The molecule has 0 radical (unpaired) electrons. The minimum absolute atomic E-state index is 0.582. The lowest BCUT2D eigenvalue weighted by Crippen LogP contribution is -2.46. The third kappa shape index (κ3) is 4.40. The van der Waals surface area contributed by atoms with Crippen LogP contribution in [0.1, 0.15) is 6.42 Å². The van der Waals surface area contributed by atoms with Crippen LogP contribution in [0.4, 0.5) is 0 Å². The number of nitrogens with two attached hydrogens (primary N) is 1. The third-order valence-corrected chi connectivity index (χ3v) is 2.23. The van der Waals surface area contributed by atoms with Gasteiger partial charge in [-0.2, -0.15) is 0 Å². The summed E-state index contributed by atoms with van der Waals surface area (Å²) in [6.07, 6.45) is -0.582. The van der Waals surface area contributed by atoms with E-state index in [9.17, 15) is 24.0 Å². The summed E-state index contributed by atoms with van der Waals surface area (Å²) in [5, 5.41) is 12.9. The average Bonchev–Trinajstić information content (AvgIpc) is 2.32. The first-order valence-corrected chi connectivity index (χ1v) is 5.40. The summed E-state index contributed by atoms with van der Waals surface area (Å²) in [5.74, 6) is -3.20. The summed E-state index contributed by atoms with van der Waals surface area (Å²) in [6.45, 7) is -0.586. The lowest BCUT2D eigenvalue weighted by Gasteiger charge is -2.13. The molecule has 20 heavy (non-hydrogen) atoms. The molecule has 0 aliphatic heterocycles. The van der Waals surface area contributed by atoms with Crippen LogP contribution in [0.3, 0.4) is 0 Å². The molecule has 1 rings (SSSR count). The van der Waals surface area contributed by atoms with Crippen LogP contribution in [0, 0.1) is 0 Å². The van der Waals surface area contributed by atoms with Crippen molar-refractivity contribution in [2.24, 2.45) is 5.73 Å². The number of primary amides is 1. The SMILES string of the molecule is NC(=O)C[C@@H](NC(=O)Cn1[nH]c(=O)ccc1=O)C(=O)O. The Hall–Kier alpha value is -2.91. The average molecular weight is 284 g/mol. The molecule has 1 atom stereocenters. The number of H-pyrrole nitrogens is 1. The van der Waals surface area contributed by atoms with Crippen molar-refractivity contribution in [3.05, 3.63) is 32.8 Å². The summed E-state index contributed by atoms with van der Waals surface area (Å²) in [5.41, 5.74) is 3.62. The van der Waals surface area contributed by atoms with Crippen LogP contribution in [0.15, 0.2) is 21.7 Å². The zero-order valence-corrected chi connectivity index (χ0v) is 10.2. The summed E-state index contributed by atoms with van der Waals surface area (Å²) in [7, 11) is 0. The van der Waals surface area contributed by atoms with Gasteiger partial charge in [0.2, 0.25) is 11.8 Å². The lowest BCUT2D eigenvalue weighted by molar-refractivity contribution is -0.143. The number of carbonyl (C=O) groups is 3. The van der Waals surface area contributed by atoms with Crippen LogP contribution >= 0.6 is 0 Å². The normalized spacial score (nSPS) is 11.6. The Labute approximate surface area is 111 Å². The number of aromatic nitrogens is 2. The fourth-order valence-electron chi connectivity index (χ4n) is 1.36. The van der Waals surface area contributed by atoms with Crippen molar-refractivity contribution >= 4 is 17.8 Å². The van der Waals surface area contributed by atoms with Crippen molar-refractivity contribution in [3.8, 4) is 0 Å². The van der Waals surface area contributed by atoms with E-state index in [1.54, 1.807) is 0 Å². The van der Waals surface area contributed by atoms with E-state index in [-0.39, 0.29) is 0 Å². The predicted octanol–water partition coefficient (Wildman–Crippen LogP) is -3.02. The van der Waals surface area contributed by atoms with Gasteiger partial charge in [-0.25, -0.2) is 9.48 Å². The first kappa shape index (κ1) is 15.1. The quantitative estimate of drug-likeness (QED) is 0.434. The molecular formula is C10H12N4O6. The maximum Gasteiger partial charge on any atom is 0.326 e. The number of hydrogen-bond acceptors (Lipinski definition) is 5. The minimum Gasteiger partial charge on any atom is -0.480 e. The second-order valence-electron chi connectivity index (χ2n) is 3.86. The molecule has 0 aliphatic rings. The number of hydrogen-bond donors (Lipinski definition) is 4. The molecule has 0 bridgehead atoms. The highest BCUT2D eigenvalue weighted by Crippen LogP contribution is 1.92. The Morgan fingerprint density at radius 1 is 1.35 bits per heavy atom. The molecule has 0 fully saturated rings. The third-order valence-electron chi connectivity index (χ3n) is 2.23. The van der Waals surface area contributed by atoms with Crippen molar-refractivity contribution in [3.63, 3.8) is 0 Å². The standard InChI is InChI=1S/C10H12N4O6/c11-6(15)3-5(10(19)20)12-8(17)4-14-9(18)2-1-7(16)13-14/h1-2,5H,3-4H2,(H2,11,15)(H,12,17)(H,13,16)(H,19,20)/t5-/m1/s1. The zero-order chi connectivity index (χ0) is 15.3. The zero-order valence-electron chi connectivity index (χ0n) is 10.2. The van der Waals surface area contributed by atoms with E-state index in [0.717, 1.165) is 12.1 Å². The number of carboxylic acid groups (broad SMARTS) is 1. The second-order valence-corrected chi connectivity index (χ2v) is 3.86. The van der Waals surface area contributed by atoms with Gasteiger partial charge in [0, 0.05) is 12.1 Å². The molecule has 1 aromatic heterocycles. The van der Waals surface area contributed by atoms with E-state index in [1.807, 2.05) is 5.32 Å². The van der Waals surface area contributed by atoms with Crippen molar-refractivity contribution in [2.45, 2.75) is 19.0 Å². The summed E-state index contributed by atoms with van der Waals surface area (Å²) in [6, 6.07) is 0.458. The molecule has 0 spiro atoms. The number of aromatic amines is 1. The highest BCUT2D eigenvalue weighted by molar-refractivity contribution is 5.87. The van der Waals surface area contributed by atoms with Gasteiger partial charge < -0.3 is 16.2 Å². The number of amides is 2. The first-order valence-electron chi connectivity index (χ1n) is 5.40. The molecule has 0 saturated carbocycles. The maximum absolute atomic E-state index is 11.6. The first-order chi connectivity index (χ1) is 9.29. The smallest absolute Gasteiger partial charge is 0.326 e. The number of aliphatic carboxylic acids is 1. The molecule has 5 N–H and O–H groups in total. The van der Waals surface area contributed by atoms with Gasteiger partial charge in [-0.3, -0.25) is 24.3 Å². The number of nitrogens with zero attached hydrogens (tertiary/aromatic N) is 1. The van der Waals surface area contributed by atoms with Crippen LogP contribution in [0.5, 0.6) is 0 Å². The van der Waals surface area contributed by atoms with Gasteiger partial charge in [-0.15, -0.1) is 0 Å². The van der Waals surface area contributed by atoms with Crippen molar-refractivity contribution in [1.82, 2.24) is 15.1 Å². The van der Waals surface area contributed by atoms with E-state index >= 15 is 0 Å². The second kappa shape index (κ2) is 6.31. The molecule has 1 heterocycles. The van der Waals surface area contributed by atoms with Gasteiger partial charge in [0.1, 0.15) is 12.6 Å². The van der Waals surface area contributed by atoms with Gasteiger partial charge in [-0.05, 0) is 0 Å². The van der Waals surface area contributed by atoms with E-state index in [4.69, 9.17) is 10.8 Å². The van der Waals surface area contributed by atoms with Crippen molar-refractivity contribution in [2.75, 3.05) is 0 Å². The van der Waals surface area contributed by atoms with Crippen molar-refractivity contribution < 1.29 is 19.5 Å². The predicted molar refractivity (Wildman–Crippen MR) is 64.7 cm³/mol. The highest BCUT2D eigenvalue weighted by Gasteiger charge is 2.22. The fourth-order valence-corrected chi connectivity index (χ4v) is 1.36. The van der Waals surface area contributed by atoms with Gasteiger partial charge in [0.25, 0.3) is 11.1 Å². The molecular weight excluding hydrogens is 272 g/mol. The summed E-state index contributed by atoms with van der Waals surface area (Å²) < 4.78 is 0.709. The number of nitrogens with one attached hydrogen (secondary N) is 2. The molecule has 0 aliphatic carbocycles. The van der Waals surface area contributed by atoms with Crippen LogP contribution in [-0.4, -0.2) is 38.7 Å². The molecule has 10 heteroatoms. The molecule has 1 aromatic rings. The number of carboxylic acids is 1. The highest BCUT2D eigenvalue weighted by atomic mass is 16.4. The van der Waals surface area contributed by atoms with Gasteiger partial charge in [-0.1, -0.05) is 0 Å². The summed E-state index contributed by atoms with van der Waals surface area (Å²) >= 11 is 0. The van der Waals surface area contributed by atoms with Gasteiger partial charge in [0.05, 0.1) is 6.42 Å². The Balaban J connectivity index is 2.78. The van der Waals surface area contributed by atoms with Crippen LogP contribution in [0.2, 0.25) is 0 Å². The molecule has 0 aromatic carbocycles. The molecule has 0 unspecified atom stereocenters. The topological polar surface area (TPSA) is 164 Å². The lowest BCUT2D eigenvalue weighted by atomic mass is 10.2. The molecule has 0 saturated heterocycles. The van der Waals surface area contributed by atoms with Crippen LogP contribution < -0.4 is 22.2 Å². The number of carbonyl (C=O) groups excluding carboxylic acids is 2. The fraction of sp³-hybridized carbons (Fsp3) is 0.300. The van der Waals surface area contributed by atoms with Gasteiger partial charge in [0.15, 0.2) is 0 Å². The minimum atomic E-state index is -1.49. The molecule has 108 valence electrons. The number of rotatable bonds is 6. The van der Waals surface area contributed by atoms with Crippen LogP contribution in [0.25, 0.3) is 0 Å². The van der Waals surface area contributed by atoms with E-state index < -0.39 is 47.9 Å². The van der Waals surface area contributed by atoms with E-state index in [2.05, 4.69) is 5.10 Å². The van der Waals surface area contributed by atoms with Crippen LogP contribution in [-0.2, 0) is 20.9 Å². The van der Waals surface area contributed by atoms with Gasteiger partial charge >= 0.3 is 5.97 Å². The Morgan fingerprint density at radius 2 is 2.00 bits per heavy atom. The maximum atomic E-state index is 11.6. The van der Waals surface area contributed by atoms with E-state index in [0.29, 0.717) is 4.68 Å². The molecule has 10 nitrogen and oxygen atoms in total. The Kier molecular flexibility index (Phi) is 4.78. The van der Waals surface area contributed by atoms with Crippen molar-refractivity contribution in [1.29, 1.82) is 0 Å². The summed E-state index contributed by atoms with van der Waals surface area (Å²) in [4.78, 5) is 55.3. The Morgan fingerprint density at radius 3 is 2.55 bits per heavy atom. The largest absolute Gasteiger partial charge is 0.480 e. The molecule has 2 amide bonds. The van der Waals surface area contributed by atoms with E-state index in [1.165, 1.54) is 0 Å².